The minimum absolute atomic E-state index is 0. The van der Waals surface area contributed by atoms with Crippen LogP contribution in [0.1, 0.15) is 11.9 Å². The van der Waals surface area contributed by atoms with E-state index in [1.54, 1.807) is 12.1 Å². The van der Waals surface area contributed by atoms with Crippen LogP contribution in [0.4, 0.5) is 4.39 Å². The molecule has 1 unspecified atom stereocenters. The molecule has 8 nitrogen and oxygen atoms in total. The summed E-state index contributed by atoms with van der Waals surface area (Å²) in [6.07, 6.45) is 1.52. The molecule has 0 aliphatic carbocycles. The molecule has 1 atom stereocenters. The standard InChI is InChI=1S/C14H13FN6O2.ClH/c15-9-1-3-10(4-2-9)21-17-7-11(19-21)14-18-13(20-23-14)12-8-22-6-5-16-12;/h1-4,7,12,16H,5-6,8H2;1H. The number of hydrogen-bond donors (Lipinski definition) is 1. The van der Waals surface area contributed by atoms with E-state index in [0.29, 0.717) is 30.4 Å². The van der Waals surface area contributed by atoms with Crippen molar-refractivity contribution in [3.63, 3.8) is 0 Å². The van der Waals surface area contributed by atoms with Crippen LogP contribution in [0.5, 0.6) is 0 Å². The molecule has 1 fully saturated rings. The van der Waals surface area contributed by atoms with Gasteiger partial charge in [0.1, 0.15) is 5.82 Å². The molecule has 24 heavy (non-hydrogen) atoms. The summed E-state index contributed by atoms with van der Waals surface area (Å²) >= 11 is 0. The summed E-state index contributed by atoms with van der Waals surface area (Å²) in [5.41, 5.74) is 1.09. The molecule has 0 bridgehead atoms. The van der Waals surface area contributed by atoms with Gasteiger partial charge in [0.15, 0.2) is 11.5 Å². The highest BCUT2D eigenvalue weighted by Gasteiger charge is 2.22. The Balaban J connectivity index is 0.00000169. The van der Waals surface area contributed by atoms with Gasteiger partial charge in [-0.25, -0.2) is 4.39 Å². The second kappa shape index (κ2) is 7.04. The largest absolute Gasteiger partial charge is 0.378 e. The van der Waals surface area contributed by atoms with Crippen LogP contribution in [0.15, 0.2) is 35.0 Å². The average Bonchev–Trinajstić information content (AvgIpc) is 3.26. The quantitative estimate of drug-likeness (QED) is 0.764. The zero-order valence-electron chi connectivity index (χ0n) is 12.4. The van der Waals surface area contributed by atoms with Gasteiger partial charge in [0, 0.05) is 6.54 Å². The summed E-state index contributed by atoms with van der Waals surface area (Å²) in [5.74, 6) is 0.488. The monoisotopic (exact) mass is 352 g/mol. The van der Waals surface area contributed by atoms with Crippen LogP contribution in [0.2, 0.25) is 0 Å². The van der Waals surface area contributed by atoms with Crippen LogP contribution >= 0.6 is 12.4 Å². The molecule has 10 heteroatoms. The van der Waals surface area contributed by atoms with Crippen molar-refractivity contribution in [2.45, 2.75) is 6.04 Å². The highest BCUT2D eigenvalue weighted by atomic mass is 35.5. The molecule has 1 aromatic carbocycles. The van der Waals surface area contributed by atoms with Gasteiger partial charge in [-0.05, 0) is 24.3 Å². The van der Waals surface area contributed by atoms with Crippen LogP contribution in [-0.4, -0.2) is 44.9 Å². The van der Waals surface area contributed by atoms with Gasteiger partial charge in [0.05, 0.1) is 31.1 Å². The van der Waals surface area contributed by atoms with Gasteiger partial charge < -0.3 is 14.6 Å². The minimum atomic E-state index is -0.315. The smallest absolute Gasteiger partial charge is 0.280 e. The van der Waals surface area contributed by atoms with E-state index in [9.17, 15) is 4.39 Å². The topological polar surface area (TPSA) is 90.9 Å². The van der Waals surface area contributed by atoms with E-state index in [1.165, 1.54) is 23.1 Å². The molecule has 0 radical (unpaired) electrons. The maximum absolute atomic E-state index is 13.0. The predicted molar refractivity (Wildman–Crippen MR) is 83.4 cm³/mol. The van der Waals surface area contributed by atoms with Crippen molar-refractivity contribution in [2.75, 3.05) is 19.8 Å². The lowest BCUT2D eigenvalue weighted by Crippen LogP contribution is -2.35. The van der Waals surface area contributed by atoms with Crippen LogP contribution in [-0.2, 0) is 4.74 Å². The predicted octanol–water partition coefficient (Wildman–Crippen LogP) is 1.54. The number of hydrogen-bond acceptors (Lipinski definition) is 7. The van der Waals surface area contributed by atoms with E-state index in [0.717, 1.165) is 6.54 Å². The van der Waals surface area contributed by atoms with Gasteiger partial charge in [-0.15, -0.1) is 17.5 Å². The van der Waals surface area contributed by atoms with Crippen LogP contribution in [0.3, 0.4) is 0 Å². The van der Waals surface area contributed by atoms with Crippen molar-refractivity contribution in [1.29, 1.82) is 0 Å². The molecule has 126 valence electrons. The maximum Gasteiger partial charge on any atom is 0.280 e. The maximum atomic E-state index is 13.0. The Morgan fingerprint density at radius 1 is 1.25 bits per heavy atom. The number of benzene rings is 1. The fourth-order valence-corrected chi connectivity index (χ4v) is 2.27. The van der Waals surface area contributed by atoms with E-state index in [2.05, 4.69) is 25.7 Å². The molecule has 3 aromatic rings. The molecule has 0 spiro atoms. The van der Waals surface area contributed by atoms with Crippen molar-refractivity contribution in [1.82, 2.24) is 30.5 Å². The van der Waals surface area contributed by atoms with Crippen molar-refractivity contribution in [3.05, 3.63) is 42.1 Å². The normalized spacial score (nSPS) is 17.5. The molecule has 1 N–H and O–H groups in total. The van der Waals surface area contributed by atoms with E-state index < -0.39 is 0 Å². The van der Waals surface area contributed by atoms with Crippen LogP contribution in [0, 0.1) is 5.82 Å². The molecule has 2 aromatic heterocycles. The number of aromatic nitrogens is 5. The third kappa shape index (κ3) is 3.28. The third-order valence-electron chi connectivity index (χ3n) is 3.44. The Kier molecular flexibility index (Phi) is 4.84. The lowest BCUT2D eigenvalue weighted by atomic mass is 10.2. The molecule has 0 amide bonds. The Hall–Kier alpha value is -2.36. The molecule has 1 saturated heterocycles. The number of morpholine rings is 1. The lowest BCUT2D eigenvalue weighted by molar-refractivity contribution is 0.0734. The van der Waals surface area contributed by atoms with E-state index in [1.807, 2.05) is 0 Å². The zero-order chi connectivity index (χ0) is 15.6. The first-order chi connectivity index (χ1) is 11.3. The lowest BCUT2D eigenvalue weighted by Gasteiger charge is -2.20. The highest BCUT2D eigenvalue weighted by Crippen LogP contribution is 2.19. The summed E-state index contributed by atoms with van der Waals surface area (Å²) in [7, 11) is 0. The first-order valence-electron chi connectivity index (χ1n) is 7.13. The second-order valence-electron chi connectivity index (χ2n) is 5.04. The van der Waals surface area contributed by atoms with E-state index in [4.69, 9.17) is 9.26 Å². The number of nitrogens with zero attached hydrogens (tertiary/aromatic N) is 5. The van der Waals surface area contributed by atoms with Gasteiger partial charge in [-0.3, -0.25) is 0 Å². The van der Waals surface area contributed by atoms with Crippen molar-refractivity contribution < 1.29 is 13.7 Å². The van der Waals surface area contributed by atoms with Gasteiger partial charge in [-0.1, -0.05) is 5.16 Å². The Bertz CT molecular complexity index is 800. The number of nitrogens with one attached hydrogen (secondary N) is 1. The van der Waals surface area contributed by atoms with Crippen LogP contribution < -0.4 is 5.32 Å². The molecule has 1 aliphatic heterocycles. The SMILES string of the molecule is Cl.Fc1ccc(-n2ncc(-c3nc(C4COCCN4)no3)n2)cc1. The first kappa shape index (κ1) is 16.5. The van der Waals surface area contributed by atoms with Gasteiger partial charge in [0.2, 0.25) is 0 Å². The Labute approximate surface area is 142 Å². The number of ether oxygens (including phenoxy) is 1. The molecule has 0 saturated carbocycles. The molecule has 1 aliphatic rings. The van der Waals surface area contributed by atoms with Gasteiger partial charge in [0.25, 0.3) is 5.89 Å². The first-order valence-corrected chi connectivity index (χ1v) is 7.13. The van der Waals surface area contributed by atoms with Crippen molar-refractivity contribution in [3.8, 4) is 17.3 Å². The number of rotatable bonds is 3. The minimum Gasteiger partial charge on any atom is -0.378 e. The Morgan fingerprint density at radius 2 is 2.08 bits per heavy atom. The second-order valence-corrected chi connectivity index (χ2v) is 5.04. The molecule has 3 heterocycles. The average molecular weight is 353 g/mol. The summed E-state index contributed by atoms with van der Waals surface area (Å²) in [6.45, 7) is 1.92. The molecular formula is C14H14ClFN6O2. The fourth-order valence-electron chi connectivity index (χ4n) is 2.27. The summed E-state index contributed by atoms with van der Waals surface area (Å²) in [6, 6.07) is 5.77. The van der Waals surface area contributed by atoms with Crippen LogP contribution in [0.25, 0.3) is 17.3 Å². The fraction of sp³-hybridized carbons (Fsp3) is 0.286. The Morgan fingerprint density at radius 3 is 2.83 bits per heavy atom. The highest BCUT2D eigenvalue weighted by molar-refractivity contribution is 5.85. The summed E-state index contributed by atoms with van der Waals surface area (Å²) in [4.78, 5) is 5.70. The zero-order valence-corrected chi connectivity index (χ0v) is 13.2. The third-order valence-corrected chi connectivity index (χ3v) is 3.44. The summed E-state index contributed by atoms with van der Waals surface area (Å²) < 4.78 is 23.6. The van der Waals surface area contributed by atoms with Crippen molar-refractivity contribution in [2.24, 2.45) is 0 Å². The molecular weight excluding hydrogens is 339 g/mol. The van der Waals surface area contributed by atoms with Gasteiger partial charge >= 0.3 is 0 Å². The van der Waals surface area contributed by atoms with Gasteiger partial charge in [-0.2, -0.15) is 14.9 Å². The van der Waals surface area contributed by atoms with E-state index >= 15 is 0 Å². The number of halogens is 2. The summed E-state index contributed by atoms with van der Waals surface area (Å²) in [5, 5.41) is 15.6. The van der Waals surface area contributed by atoms with E-state index in [-0.39, 0.29) is 30.2 Å². The van der Waals surface area contributed by atoms with Crippen molar-refractivity contribution >= 4 is 12.4 Å². The molecule has 4 rings (SSSR count).